The lowest BCUT2D eigenvalue weighted by Crippen LogP contribution is -2.22. The van der Waals surface area contributed by atoms with E-state index in [1.807, 2.05) is 0 Å². The van der Waals surface area contributed by atoms with Gasteiger partial charge in [0.25, 0.3) is 0 Å². The van der Waals surface area contributed by atoms with Crippen molar-refractivity contribution in [2.24, 2.45) is 5.92 Å². The molecule has 82 valence electrons. The zero-order valence-electron chi connectivity index (χ0n) is 9.33. The summed E-state index contributed by atoms with van der Waals surface area (Å²) in [4.78, 5) is 0. The smallest absolute Gasteiger partial charge is 0.0469 e. The minimum Gasteiger partial charge on any atom is -0.385 e. The van der Waals surface area contributed by atoms with Gasteiger partial charge in [0, 0.05) is 25.4 Å². The fourth-order valence-corrected chi connectivity index (χ4v) is 1.98. The maximum atomic E-state index is 5.35. The zero-order valence-corrected chi connectivity index (χ0v) is 9.33. The van der Waals surface area contributed by atoms with Gasteiger partial charge in [0.05, 0.1) is 0 Å². The predicted molar refractivity (Wildman–Crippen MR) is 63.2 cm³/mol. The molecule has 2 heteroatoms. The van der Waals surface area contributed by atoms with Crippen molar-refractivity contribution < 1.29 is 4.74 Å². The molecule has 0 bridgehead atoms. The van der Waals surface area contributed by atoms with Gasteiger partial charge in [0.1, 0.15) is 0 Å². The zero-order chi connectivity index (χ0) is 10.5. The molecule has 1 aliphatic rings. The highest BCUT2D eigenvalue weighted by Crippen LogP contribution is 2.18. The standard InChI is InChI=1S/C13H19NO/c1-11-4-2-3-5-13(11)14-10-12-6-8-15-9-7-12/h2-5,12,14H,6-10H2,1H3. The van der Waals surface area contributed by atoms with E-state index in [-0.39, 0.29) is 0 Å². The van der Waals surface area contributed by atoms with Gasteiger partial charge in [0.15, 0.2) is 0 Å². The van der Waals surface area contributed by atoms with Crippen molar-refractivity contribution in [2.75, 3.05) is 25.1 Å². The molecule has 1 saturated heterocycles. The van der Waals surface area contributed by atoms with Crippen LogP contribution in [0.2, 0.25) is 0 Å². The molecule has 0 atom stereocenters. The Kier molecular flexibility index (Phi) is 3.62. The van der Waals surface area contributed by atoms with E-state index < -0.39 is 0 Å². The quantitative estimate of drug-likeness (QED) is 0.819. The minimum atomic E-state index is 0.776. The second-order valence-electron chi connectivity index (χ2n) is 4.25. The lowest BCUT2D eigenvalue weighted by molar-refractivity contribution is 0.0699. The second-order valence-corrected chi connectivity index (χ2v) is 4.25. The summed E-state index contributed by atoms with van der Waals surface area (Å²) in [6, 6.07) is 8.45. The molecule has 1 aromatic carbocycles. The lowest BCUT2D eigenvalue weighted by Gasteiger charge is -2.23. The van der Waals surface area contributed by atoms with Gasteiger partial charge in [-0.15, -0.1) is 0 Å². The van der Waals surface area contributed by atoms with Gasteiger partial charge in [-0.2, -0.15) is 0 Å². The van der Waals surface area contributed by atoms with Crippen molar-refractivity contribution in [1.82, 2.24) is 0 Å². The summed E-state index contributed by atoms with van der Waals surface area (Å²) in [5.74, 6) is 0.776. The molecule has 15 heavy (non-hydrogen) atoms. The average Bonchev–Trinajstić information content (AvgIpc) is 2.29. The van der Waals surface area contributed by atoms with E-state index in [0.29, 0.717) is 0 Å². The van der Waals surface area contributed by atoms with Crippen LogP contribution in [0.4, 0.5) is 5.69 Å². The maximum absolute atomic E-state index is 5.35. The highest BCUT2D eigenvalue weighted by atomic mass is 16.5. The van der Waals surface area contributed by atoms with Crippen LogP contribution in [0.3, 0.4) is 0 Å². The molecule has 1 aliphatic heterocycles. The molecule has 1 fully saturated rings. The molecule has 1 aromatic rings. The Bertz CT molecular complexity index is 305. The lowest BCUT2D eigenvalue weighted by atomic mass is 10.0. The molecule has 0 amide bonds. The summed E-state index contributed by atoms with van der Waals surface area (Å²) in [5.41, 5.74) is 2.59. The Morgan fingerprint density at radius 3 is 2.73 bits per heavy atom. The summed E-state index contributed by atoms with van der Waals surface area (Å²) in [7, 11) is 0. The number of nitrogens with one attached hydrogen (secondary N) is 1. The van der Waals surface area contributed by atoms with E-state index in [4.69, 9.17) is 4.74 Å². The van der Waals surface area contributed by atoms with Gasteiger partial charge in [-0.05, 0) is 37.3 Å². The van der Waals surface area contributed by atoms with Gasteiger partial charge in [-0.1, -0.05) is 18.2 Å². The normalized spacial score (nSPS) is 17.7. The van der Waals surface area contributed by atoms with Gasteiger partial charge in [-0.25, -0.2) is 0 Å². The first kappa shape index (κ1) is 10.5. The van der Waals surface area contributed by atoms with Crippen molar-refractivity contribution in [3.63, 3.8) is 0 Å². The Balaban J connectivity index is 1.84. The summed E-state index contributed by atoms with van der Waals surface area (Å²) in [6.07, 6.45) is 2.39. The predicted octanol–water partition coefficient (Wildman–Crippen LogP) is 2.83. The van der Waals surface area contributed by atoms with Crippen molar-refractivity contribution >= 4 is 5.69 Å². The topological polar surface area (TPSA) is 21.3 Å². The molecule has 0 spiro atoms. The molecular formula is C13H19NO. The van der Waals surface area contributed by atoms with E-state index in [0.717, 1.165) is 25.7 Å². The second kappa shape index (κ2) is 5.17. The van der Waals surface area contributed by atoms with Gasteiger partial charge >= 0.3 is 0 Å². The van der Waals surface area contributed by atoms with Crippen LogP contribution in [0.25, 0.3) is 0 Å². The van der Waals surface area contributed by atoms with E-state index in [1.165, 1.54) is 24.1 Å². The van der Waals surface area contributed by atoms with E-state index >= 15 is 0 Å². The maximum Gasteiger partial charge on any atom is 0.0469 e. The molecule has 0 radical (unpaired) electrons. The van der Waals surface area contributed by atoms with Crippen molar-refractivity contribution in [3.8, 4) is 0 Å². The number of hydrogen-bond donors (Lipinski definition) is 1. The summed E-state index contributed by atoms with van der Waals surface area (Å²) in [5, 5.41) is 3.53. The van der Waals surface area contributed by atoms with E-state index in [1.54, 1.807) is 0 Å². The van der Waals surface area contributed by atoms with E-state index in [9.17, 15) is 0 Å². The number of ether oxygens (including phenoxy) is 1. The monoisotopic (exact) mass is 205 g/mol. The molecule has 0 aliphatic carbocycles. The highest BCUT2D eigenvalue weighted by Gasteiger charge is 2.13. The van der Waals surface area contributed by atoms with Crippen LogP contribution in [0.5, 0.6) is 0 Å². The SMILES string of the molecule is Cc1ccccc1NCC1CCOCC1. The third kappa shape index (κ3) is 2.96. The molecule has 0 aromatic heterocycles. The summed E-state index contributed by atoms with van der Waals surface area (Å²) < 4.78 is 5.35. The largest absolute Gasteiger partial charge is 0.385 e. The first-order valence-electron chi connectivity index (χ1n) is 5.73. The molecular weight excluding hydrogens is 186 g/mol. The molecule has 1 N–H and O–H groups in total. The van der Waals surface area contributed by atoms with Crippen LogP contribution in [0.1, 0.15) is 18.4 Å². The van der Waals surface area contributed by atoms with Crippen LogP contribution >= 0.6 is 0 Å². The fourth-order valence-electron chi connectivity index (χ4n) is 1.98. The van der Waals surface area contributed by atoms with Crippen LogP contribution in [0, 0.1) is 12.8 Å². The number of para-hydroxylation sites is 1. The average molecular weight is 205 g/mol. The molecule has 2 nitrogen and oxygen atoms in total. The van der Waals surface area contributed by atoms with Crippen molar-refractivity contribution in [3.05, 3.63) is 29.8 Å². The first-order valence-corrected chi connectivity index (χ1v) is 5.73. The summed E-state index contributed by atoms with van der Waals surface area (Å²) in [6.45, 7) is 5.08. The number of aryl methyl sites for hydroxylation is 1. The third-order valence-corrected chi connectivity index (χ3v) is 3.07. The van der Waals surface area contributed by atoms with Crippen LogP contribution in [-0.2, 0) is 4.74 Å². The van der Waals surface area contributed by atoms with Crippen LogP contribution < -0.4 is 5.32 Å². The Labute approximate surface area is 91.6 Å². The minimum absolute atomic E-state index is 0.776. The molecule has 0 saturated carbocycles. The van der Waals surface area contributed by atoms with Gasteiger partial charge in [0.2, 0.25) is 0 Å². The Morgan fingerprint density at radius 1 is 1.27 bits per heavy atom. The molecule has 1 heterocycles. The third-order valence-electron chi connectivity index (χ3n) is 3.07. The highest BCUT2D eigenvalue weighted by molar-refractivity contribution is 5.50. The van der Waals surface area contributed by atoms with Crippen LogP contribution in [-0.4, -0.2) is 19.8 Å². The number of anilines is 1. The van der Waals surface area contributed by atoms with Crippen LogP contribution in [0.15, 0.2) is 24.3 Å². The Hall–Kier alpha value is -1.02. The summed E-state index contributed by atoms with van der Waals surface area (Å²) >= 11 is 0. The fraction of sp³-hybridized carbons (Fsp3) is 0.538. The van der Waals surface area contributed by atoms with Gasteiger partial charge in [-0.3, -0.25) is 0 Å². The molecule has 0 unspecified atom stereocenters. The van der Waals surface area contributed by atoms with Gasteiger partial charge < -0.3 is 10.1 Å². The van der Waals surface area contributed by atoms with E-state index in [2.05, 4.69) is 36.5 Å². The number of rotatable bonds is 3. The Morgan fingerprint density at radius 2 is 2.00 bits per heavy atom. The first-order chi connectivity index (χ1) is 7.36. The number of benzene rings is 1. The van der Waals surface area contributed by atoms with Crippen molar-refractivity contribution in [1.29, 1.82) is 0 Å². The van der Waals surface area contributed by atoms with Crippen molar-refractivity contribution in [2.45, 2.75) is 19.8 Å². The number of hydrogen-bond acceptors (Lipinski definition) is 2. The molecule has 2 rings (SSSR count).